The Labute approximate surface area is 170 Å². The number of ether oxygens (including phenoxy) is 2. The van der Waals surface area contributed by atoms with Crippen LogP contribution in [-0.4, -0.2) is 92.5 Å². The molecule has 3 heterocycles. The van der Waals surface area contributed by atoms with E-state index in [1.165, 1.54) is 8.61 Å². The van der Waals surface area contributed by atoms with Crippen molar-refractivity contribution in [1.82, 2.24) is 13.5 Å². The number of hydrogen-bond acceptors (Lipinski definition) is 5. The topological polar surface area (TPSA) is 62.3 Å². The lowest BCUT2D eigenvalue weighted by molar-refractivity contribution is -0.00591. The summed E-state index contributed by atoms with van der Waals surface area (Å²) >= 11 is 0. The maximum absolute atomic E-state index is 14.1. The molecule has 4 rings (SSSR count). The van der Waals surface area contributed by atoms with Crippen LogP contribution in [0.5, 0.6) is 0 Å². The minimum absolute atomic E-state index is 0.204. The van der Waals surface area contributed by atoms with E-state index in [1.807, 2.05) is 30.3 Å². The molecule has 1 aromatic carbocycles. The van der Waals surface area contributed by atoms with Gasteiger partial charge in [0.15, 0.2) is 0 Å². The molecule has 0 aliphatic carbocycles. The summed E-state index contributed by atoms with van der Waals surface area (Å²) in [5, 5.41) is 0. The predicted octanol–water partition coefficient (Wildman–Crippen LogP) is 1.17. The van der Waals surface area contributed by atoms with E-state index in [4.69, 9.17) is 9.47 Å². The number of hydrogen-bond donors (Lipinski definition) is 0. The lowest BCUT2D eigenvalue weighted by Gasteiger charge is -2.46. The van der Waals surface area contributed by atoms with Gasteiger partial charge in [-0.25, -0.2) is 8.78 Å². The van der Waals surface area contributed by atoms with E-state index >= 15 is 0 Å². The second kappa shape index (κ2) is 8.52. The summed E-state index contributed by atoms with van der Waals surface area (Å²) in [5.74, 6) is -2.77. The third-order valence-corrected chi connectivity index (χ3v) is 7.73. The number of nitrogens with zero attached hydrogens (tertiary/aromatic N) is 3. The van der Waals surface area contributed by atoms with Crippen molar-refractivity contribution >= 4 is 10.2 Å². The molecule has 1 aromatic rings. The SMILES string of the molecule is O=S(=O)(N1CCOCC1)N1CC(N2CC(F)(F)C[C@H]2COCc2ccccc2)C1. The number of morpholine rings is 1. The Bertz CT molecular complexity index is 784. The minimum Gasteiger partial charge on any atom is -0.379 e. The van der Waals surface area contributed by atoms with Crippen molar-refractivity contribution in [1.29, 1.82) is 0 Å². The van der Waals surface area contributed by atoms with Crippen molar-refractivity contribution in [2.24, 2.45) is 0 Å². The first-order chi connectivity index (χ1) is 13.9. The average molecular weight is 432 g/mol. The molecule has 0 amide bonds. The molecule has 0 saturated carbocycles. The number of halogens is 2. The standard InChI is InChI=1S/C19H27F2N3O4S/c20-19(21)10-17(14-28-13-16-4-2-1-3-5-16)24(15-19)18-11-23(12-18)29(25,26)22-6-8-27-9-7-22/h1-5,17-18H,6-15H2/t17-/m0/s1. The molecular weight excluding hydrogens is 404 g/mol. The van der Waals surface area contributed by atoms with Crippen LogP contribution in [0.3, 0.4) is 0 Å². The fraction of sp³-hybridized carbons (Fsp3) is 0.684. The number of benzene rings is 1. The van der Waals surface area contributed by atoms with Gasteiger partial charge in [0.25, 0.3) is 16.1 Å². The van der Waals surface area contributed by atoms with Crippen LogP contribution in [0, 0.1) is 0 Å². The van der Waals surface area contributed by atoms with Gasteiger partial charge in [0.1, 0.15) is 0 Å². The highest BCUT2D eigenvalue weighted by molar-refractivity contribution is 7.86. The van der Waals surface area contributed by atoms with Crippen molar-refractivity contribution < 1.29 is 26.7 Å². The van der Waals surface area contributed by atoms with E-state index in [9.17, 15) is 17.2 Å². The first-order valence-electron chi connectivity index (χ1n) is 9.93. The highest BCUT2D eigenvalue weighted by Gasteiger charge is 2.51. The molecular formula is C19H27F2N3O4S. The second-order valence-corrected chi connectivity index (χ2v) is 9.81. The van der Waals surface area contributed by atoms with Crippen molar-refractivity contribution in [3.63, 3.8) is 0 Å². The van der Waals surface area contributed by atoms with Gasteiger partial charge in [-0.2, -0.15) is 17.0 Å². The zero-order valence-corrected chi connectivity index (χ0v) is 17.1. The molecule has 0 N–H and O–H groups in total. The molecule has 3 aliphatic heterocycles. The van der Waals surface area contributed by atoms with Gasteiger partial charge in [-0.15, -0.1) is 0 Å². The number of likely N-dealkylation sites (tertiary alicyclic amines) is 1. The summed E-state index contributed by atoms with van der Waals surface area (Å²) in [5.41, 5.74) is 0.996. The highest BCUT2D eigenvalue weighted by Crippen LogP contribution is 2.36. The Hall–Kier alpha value is -1.17. The van der Waals surface area contributed by atoms with E-state index in [2.05, 4.69) is 0 Å². The zero-order chi connectivity index (χ0) is 20.5. The third-order valence-electron chi connectivity index (χ3n) is 5.76. The molecule has 10 heteroatoms. The molecule has 1 atom stereocenters. The first-order valence-corrected chi connectivity index (χ1v) is 11.3. The fourth-order valence-electron chi connectivity index (χ4n) is 4.15. The van der Waals surface area contributed by atoms with Gasteiger partial charge >= 0.3 is 0 Å². The Morgan fingerprint density at radius 2 is 1.79 bits per heavy atom. The second-order valence-electron chi connectivity index (χ2n) is 7.88. The van der Waals surface area contributed by atoms with Crippen LogP contribution < -0.4 is 0 Å². The van der Waals surface area contributed by atoms with Gasteiger partial charge in [0.05, 0.1) is 33.0 Å². The van der Waals surface area contributed by atoms with Crippen LogP contribution in [0.25, 0.3) is 0 Å². The molecule has 29 heavy (non-hydrogen) atoms. The molecule has 0 aromatic heterocycles. The smallest absolute Gasteiger partial charge is 0.282 e. The maximum Gasteiger partial charge on any atom is 0.282 e. The van der Waals surface area contributed by atoms with Gasteiger partial charge in [0, 0.05) is 44.7 Å². The molecule has 3 saturated heterocycles. The van der Waals surface area contributed by atoms with Crippen molar-refractivity contribution in [2.45, 2.75) is 31.0 Å². The fourth-order valence-corrected chi connectivity index (χ4v) is 5.81. The van der Waals surface area contributed by atoms with Crippen molar-refractivity contribution in [2.75, 3.05) is 52.5 Å². The van der Waals surface area contributed by atoms with Gasteiger partial charge in [0.2, 0.25) is 0 Å². The maximum atomic E-state index is 14.1. The lowest BCUT2D eigenvalue weighted by Crippen LogP contribution is -2.65. The summed E-state index contributed by atoms with van der Waals surface area (Å²) < 4.78 is 67.2. The predicted molar refractivity (Wildman–Crippen MR) is 103 cm³/mol. The van der Waals surface area contributed by atoms with E-state index in [1.54, 1.807) is 4.90 Å². The lowest BCUT2D eigenvalue weighted by atomic mass is 10.1. The summed E-state index contributed by atoms with van der Waals surface area (Å²) in [6.07, 6.45) is -0.255. The highest BCUT2D eigenvalue weighted by atomic mass is 32.2. The van der Waals surface area contributed by atoms with Gasteiger partial charge in [-0.3, -0.25) is 4.90 Å². The van der Waals surface area contributed by atoms with Crippen LogP contribution in [0.4, 0.5) is 8.78 Å². The van der Waals surface area contributed by atoms with E-state index in [0.717, 1.165) is 5.56 Å². The number of rotatable bonds is 7. The molecule has 0 radical (unpaired) electrons. The van der Waals surface area contributed by atoms with E-state index < -0.39 is 22.2 Å². The molecule has 0 bridgehead atoms. The van der Waals surface area contributed by atoms with Crippen LogP contribution in [0.1, 0.15) is 12.0 Å². The van der Waals surface area contributed by atoms with Crippen molar-refractivity contribution in [3.05, 3.63) is 35.9 Å². The summed E-state index contributed by atoms with van der Waals surface area (Å²) in [4.78, 5) is 1.73. The molecule has 162 valence electrons. The Kier molecular flexibility index (Phi) is 6.19. The normalized spacial score (nSPS) is 27.2. The quantitative estimate of drug-likeness (QED) is 0.649. The molecule has 7 nitrogen and oxygen atoms in total. The average Bonchev–Trinajstić information content (AvgIpc) is 2.96. The van der Waals surface area contributed by atoms with E-state index in [0.29, 0.717) is 32.9 Å². The van der Waals surface area contributed by atoms with Gasteiger partial charge < -0.3 is 9.47 Å². The molecule has 3 aliphatic rings. The Morgan fingerprint density at radius 1 is 1.10 bits per heavy atom. The molecule has 0 spiro atoms. The van der Waals surface area contributed by atoms with Gasteiger partial charge in [-0.05, 0) is 5.56 Å². The molecule has 0 unspecified atom stereocenters. The Morgan fingerprint density at radius 3 is 2.48 bits per heavy atom. The molecule has 3 fully saturated rings. The van der Waals surface area contributed by atoms with Crippen LogP contribution in [0.2, 0.25) is 0 Å². The first kappa shape index (κ1) is 21.1. The zero-order valence-electron chi connectivity index (χ0n) is 16.3. The number of alkyl halides is 2. The van der Waals surface area contributed by atoms with E-state index in [-0.39, 0.29) is 38.7 Å². The van der Waals surface area contributed by atoms with Crippen LogP contribution in [-0.2, 0) is 26.3 Å². The summed E-state index contributed by atoms with van der Waals surface area (Å²) in [6.45, 7) is 2.16. The van der Waals surface area contributed by atoms with Gasteiger partial charge in [-0.1, -0.05) is 30.3 Å². The third kappa shape index (κ3) is 4.78. The van der Waals surface area contributed by atoms with Crippen LogP contribution in [0.15, 0.2) is 30.3 Å². The Balaban J connectivity index is 1.32. The largest absolute Gasteiger partial charge is 0.379 e. The summed E-state index contributed by atoms with van der Waals surface area (Å²) in [6, 6.07) is 8.98. The summed E-state index contributed by atoms with van der Waals surface area (Å²) in [7, 11) is -3.55. The monoisotopic (exact) mass is 431 g/mol. The van der Waals surface area contributed by atoms with Crippen molar-refractivity contribution in [3.8, 4) is 0 Å². The van der Waals surface area contributed by atoms with Crippen LogP contribution >= 0.6 is 0 Å². The minimum atomic E-state index is -3.55.